The van der Waals surface area contributed by atoms with Gasteiger partial charge >= 0.3 is 0 Å². The summed E-state index contributed by atoms with van der Waals surface area (Å²) in [7, 11) is 0. The van der Waals surface area contributed by atoms with Crippen molar-refractivity contribution in [3.8, 4) is 11.1 Å². The quantitative estimate of drug-likeness (QED) is 0.254. The van der Waals surface area contributed by atoms with E-state index in [1.165, 1.54) is 0 Å². The fourth-order valence-corrected chi connectivity index (χ4v) is 1.83. The van der Waals surface area contributed by atoms with Gasteiger partial charge in [-0.05, 0) is 23.3 Å². The predicted octanol–water partition coefficient (Wildman–Crippen LogP) is 1.50. The van der Waals surface area contributed by atoms with E-state index in [1.807, 2.05) is 42.5 Å². The number of carbonyl (C=O) groups excluding carboxylic acids is 1. The van der Waals surface area contributed by atoms with Gasteiger partial charge in [-0.25, -0.2) is 0 Å². The number of amidine groups is 1. The van der Waals surface area contributed by atoms with E-state index >= 15 is 0 Å². The Hall–Kier alpha value is -2.82. The number of hydrazone groups is 1. The average Bonchev–Trinajstić information content (AvgIpc) is 2.47. The molecule has 0 aliphatic rings. The smallest absolute Gasteiger partial charge is 0.211 e. The molecule has 96 valence electrons. The van der Waals surface area contributed by atoms with Crippen molar-refractivity contribution in [2.75, 3.05) is 5.32 Å². The lowest BCUT2D eigenvalue weighted by atomic mass is 10.0. The molecule has 0 radical (unpaired) electrons. The molecule has 2 rings (SSSR count). The molecular weight excluding hydrogens is 240 g/mol. The second kappa shape index (κ2) is 5.68. The number of amides is 1. The van der Waals surface area contributed by atoms with Crippen LogP contribution in [0.1, 0.15) is 5.56 Å². The van der Waals surface area contributed by atoms with Crippen LogP contribution in [0, 0.1) is 0 Å². The second-order valence-corrected chi connectivity index (χ2v) is 3.90. The van der Waals surface area contributed by atoms with Gasteiger partial charge in [-0.1, -0.05) is 36.4 Å². The third-order valence-electron chi connectivity index (χ3n) is 2.76. The number of hydrogen-bond donors (Lipinski definition) is 3. The van der Waals surface area contributed by atoms with Crippen molar-refractivity contribution in [3.05, 3.63) is 54.1 Å². The Balaban J connectivity index is 2.50. The van der Waals surface area contributed by atoms with Gasteiger partial charge in [-0.15, -0.1) is 0 Å². The van der Waals surface area contributed by atoms with Crippen LogP contribution < -0.4 is 16.9 Å². The molecule has 1 amide bonds. The molecule has 0 aliphatic carbocycles. The van der Waals surface area contributed by atoms with Gasteiger partial charge in [0.25, 0.3) is 0 Å². The van der Waals surface area contributed by atoms with Gasteiger partial charge in [0, 0.05) is 5.56 Å². The largest absolute Gasteiger partial charge is 0.382 e. The number of nitrogens with one attached hydrogen (secondary N) is 1. The maximum atomic E-state index is 10.7. The van der Waals surface area contributed by atoms with Crippen molar-refractivity contribution < 1.29 is 4.79 Å². The molecule has 2 aromatic carbocycles. The van der Waals surface area contributed by atoms with Crippen molar-refractivity contribution in [2.24, 2.45) is 16.7 Å². The Morgan fingerprint density at radius 1 is 1.11 bits per heavy atom. The first-order valence-electron chi connectivity index (χ1n) is 5.69. The summed E-state index contributed by atoms with van der Waals surface area (Å²) < 4.78 is 0. The molecule has 0 heterocycles. The molecule has 0 saturated carbocycles. The summed E-state index contributed by atoms with van der Waals surface area (Å²) in [4.78, 5) is 10.7. The average molecular weight is 254 g/mol. The standard InChI is InChI=1S/C14H14N4O/c15-14(18-16)12-7-6-11(8-13(12)17-9-19)10-4-2-1-3-5-10/h1-9H,16H2,(H2,15,18)(H,17,19). The Morgan fingerprint density at radius 3 is 2.47 bits per heavy atom. The number of nitrogens with two attached hydrogens (primary N) is 2. The Labute approximate surface area is 110 Å². The Kier molecular flexibility index (Phi) is 3.78. The summed E-state index contributed by atoms with van der Waals surface area (Å²) in [5.74, 6) is 5.34. The van der Waals surface area contributed by atoms with Crippen LogP contribution in [0.2, 0.25) is 0 Å². The van der Waals surface area contributed by atoms with Crippen LogP contribution in [0.25, 0.3) is 11.1 Å². The topological polar surface area (TPSA) is 93.5 Å². The van der Waals surface area contributed by atoms with Crippen molar-refractivity contribution in [1.82, 2.24) is 0 Å². The van der Waals surface area contributed by atoms with Crippen LogP contribution in [-0.4, -0.2) is 12.2 Å². The lowest BCUT2D eigenvalue weighted by Crippen LogP contribution is -2.17. The van der Waals surface area contributed by atoms with Gasteiger partial charge < -0.3 is 16.9 Å². The van der Waals surface area contributed by atoms with E-state index in [2.05, 4.69) is 10.4 Å². The molecular formula is C14H14N4O. The third kappa shape index (κ3) is 2.71. The highest BCUT2D eigenvalue weighted by atomic mass is 16.1. The van der Waals surface area contributed by atoms with Gasteiger partial charge in [0.15, 0.2) is 5.84 Å². The van der Waals surface area contributed by atoms with Crippen LogP contribution in [-0.2, 0) is 4.79 Å². The van der Waals surface area contributed by atoms with Crippen molar-refractivity contribution in [2.45, 2.75) is 0 Å². The van der Waals surface area contributed by atoms with E-state index < -0.39 is 0 Å². The van der Waals surface area contributed by atoms with E-state index in [0.717, 1.165) is 11.1 Å². The summed E-state index contributed by atoms with van der Waals surface area (Å²) in [5, 5.41) is 6.05. The first kappa shape index (κ1) is 12.6. The van der Waals surface area contributed by atoms with Crippen LogP contribution >= 0.6 is 0 Å². The minimum atomic E-state index is 0.170. The summed E-state index contributed by atoms with van der Waals surface area (Å²) in [6, 6.07) is 15.3. The maximum Gasteiger partial charge on any atom is 0.211 e. The van der Waals surface area contributed by atoms with E-state index in [4.69, 9.17) is 11.6 Å². The second-order valence-electron chi connectivity index (χ2n) is 3.90. The van der Waals surface area contributed by atoms with Crippen molar-refractivity contribution in [1.29, 1.82) is 0 Å². The third-order valence-corrected chi connectivity index (χ3v) is 2.76. The summed E-state index contributed by atoms with van der Waals surface area (Å²) in [6.07, 6.45) is 0.595. The Morgan fingerprint density at radius 2 is 1.84 bits per heavy atom. The molecule has 5 N–H and O–H groups in total. The minimum Gasteiger partial charge on any atom is -0.382 e. The molecule has 2 aromatic rings. The van der Waals surface area contributed by atoms with E-state index in [0.29, 0.717) is 17.7 Å². The zero-order valence-electron chi connectivity index (χ0n) is 10.2. The summed E-state index contributed by atoms with van der Waals surface area (Å²) in [6.45, 7) is 0. The molecule has 0 spiro atoms. The number of carbonyl (C=O) groups is 1. The Bertz CT molecular complexity index is 608. The monoisotopic (exact) mass is 254 g/mol. The van der Waals surface area contributed by atoms with E-state index in [1.54, 1.807) is 6.07 Å². The first-order valence-corrected chi connectivity index (χ1v) is 5.69. The number of anilines is 1. The molecule has 5 heteroatoms. The van der Waals surface area contributed by atoms with Gasteiger partial charge in [-0.3, -0.25) is 4.79 Å². The maximum absolute atomic E-state index is 10.7. The fraction of sp³-hybridized carbons (Fsp3) is 0. The van der Waals surface area contributed by atoms with Crippen molar-refractivity contribution >= 4 is 17.9 Å². The first-order chi connectivity index (χ1) is 9.26. The normalized spacial score (nSPS) is 11.1. The highest BCUT2D eigenvalue weighted by molar-refractivity contribution is 6.04. The molecule has 19 heavy (non-hydrogen) atoms. The molecule has 5 nitrogen and oxygen atoms in total. The number of rotatable bonds is 4. The van der Waals surface area contributed by atoms with Crippen LogP contribution in [0.3, 0.4) is 0 Å². The van der Waals surface area contributed by atoms with E-state index in [-0.39, 0.29) is 5.84 Å². The van der Waals surface area contributed by atoms with Crippen molar-refractivity contribution in [3.63, 3.8) is 0 Å². The summed E-state index contributed by atoms with van der Waals surface area (Å²) >= 11 is 0. The van der Waals surface area contributed by atoms with Gasteiger partial charge in [0.05, 0.1) is 5.69 Å². The SMILES string of the molecule is N/N=C(\N)c1ccc(-c2ccccc2)cc1NC=O. The van der Waals surface area contributed by atoms with Crippen LogP contribution in [0.4, 0.5) is 5.69 Å². The zero-order chi connectivity index (χ0) is 13.7. The zero-order valence-corrected chi connectivity index (χ0v) is 10.2. The lowest BCUT2D eigenvalue weighted by Gasteiger charge is -2.10. The minimum absolute atomic E-state index is 0.170. The number of benzene rings is 2. The van der Waals surface area contributed by atoms with Crippen LogP contribution in [0.15, 0.2) is 53.6 Å². The van der Waals surface area contributed by atoms with Gasteiger partial charge in [0.2, 0.25) is 6.41 Å². The van der Waals surface area contributed by atoms with Gasteiger partial charge in [-0.2, -0.15) is 5.10 Å². The number of nitrogens with zero attached hydrogens (tertiary/aromatic N) is 1. The molecule has 0 bridgehead atoms. The number of hydrogen-bond acceptors (Lipinski definition) is 3. The van der Waals surface area contributed by atoms with Gasteiger partial charge in [0.1, 0.15) is 0 Å². The lowest BCUT2D eigenvalue weighted by molar-refractivity contribution is -0.105. The molecule has 0 fully saturated rings. The highest BCUT2D eigenvalue weighted by Gasteiger charge is 2.08. The molecule has 0 atom stereocenters. The molecule has 0 unspecified atom stereocenters. The molecule has 0 aromatic heterocycles. The molecule has 0 saturated heterocycles. The summed E-state index contributed by atoms with van der Waals surface area (Å²) in [5.41, 5.74) is 8.87. The highest BCUT2D eigenvalue weighted by Crippen LogP contribution is 2.25. The van der Waals surface area contributed by atoms with E-state index in [9.17, 15) is 4.79 Å². The molecule has 0 aliphatic heterocycles. The fourth-order valence-electron chi connectivity index (χ4n) is 1.83. The van der Waals surface area contributed by atoms with Crippen LogP contribution in [0.5, 0.6) is 0 Å². The predicted molar refractivity (Wildman–Crippen MR) is 76.5 cm³/mol.